The molecule has 0 spiro atoms. The van der Waals surface area contributed by atoms with Gasteiger partial charge in [0.25, 0.3) is 10.0 Å². The Kier molecular flexibility index (Phi) is 8.00. The number of carboxylic acid groups (broad SMARTS) is 1. The first kappa shape index (κ1) is 28.1. The number of carbonyl (C=O) groups is 1. The molecule has 0 aliphatic heterocycles. The van der Waals surface area contributed by atoms with E-state index >= 15 is 0 Å². The van der Waals surface area contributed by atoms with Crippen LogP contribution < -0.4 is 13.9 Å². The van der Waals surface area contributed by atoms with Gasteiger partial charge in [-0.3, -0.25) is 4.31 Å². The third kappa shape index (κ3) is 5.63. The average Bonchev–Trinajstić information content (AvgIpc) is 3.31. The normalized spacial score (nSPS) is 11.3. The van der Waals surface area contributed by atoms with Gasteiger partial charge < -0.3 is 19.3 Å². The summed E-state index contributed by atoms with van der Waals surface area (Å²) in [6.45, 7) is 1.57. The fourth-order valence-corrected chi connectivity index (χ4v) is 5.51. The first-order chi connectivity index (χ1) is 18.4. The van der Waals surface area contributed by atoms with E-state index in [1.807, 2.05) is 0 Å². The Bertz CT molecular complexity index is 1620. The number of nitrogens with zero attached hydrogens (tertiary/aromatic N) is 5. The van der Waals surface area contributed by atoms with Gasteiger partial charge in [0.1, 0.15) is 6.61 Å². The van der Waals surface area contributed by atoms with Crippen LogP contribution in [0, 0.1) is 6.92 Å². The third-order valence-electron chi connectivity index (χ3n) is 5.76. The van der Waals surface area contributed by atoms with Crippen LogP contribution in [-0.2, 0) is 16.6 Å². The summed E-state index contributed by atoms with van der Waals surface area (Å²) in [6, 6.07) is 9.98. The van der Waals surface area contributed by atoms with Crippen LogP contribution in [0.15, 0.2) is 58.1 Å². The van der Waals surface area contributed by atoms with Gasteiger partial charge in [-0.1, -0.05) is 34.4 Å². The third-order valence-corrected chi connectivity index (χ3v) is 8.17. The van der Waals surface area contributed by atoms with E-state index in [0.29, 0.717) is 38.4 Å². The molecule has 0 saturated carbocycles. The number of ether oxygens (including phenoxy) is 1. The van der Waals surface area contributed by atoms with E-state index in [9.17, 15) is 13.2 Å². The minimum absolute atomic E-state index is 0.00466. The molecule has 0 fully saturated rings. The smallest absolute Gasteiger partial charge is 0.335 e. The zero-order chi connectivity index (χ0) is 28.5. The second-order valence-electron chi connectivity index (χ2n) is 8.52. The van der Waals surface area contributed by atoms with Gasteiger partial charge in [-0.15, -0.1) is 0 Å². The van der Waals surface area contributed by atoms with Gasteiger partial charge in [0.2, 0.25) is 0 Å². The number of halogens is 2. The molecule has 14 heteroatoms. The molecular weight excluding hydrogens is 569 g/mol. The van der Waals surface area contributed by atoms with Gasteiger partial charge in [0, 0.05) is 21.1 Å². The minimum atomic E-state index is -4.01. The monoisotopic (exact) mass is 591 g/mol. The molecule has 2 aromatic heterocycles. The summed E-state index contributed by atoms with van der Waals surface area (Å²) in [6.07, 6.45) is 1.33. The highest BCUT2D eigenvalue weighted by Gasteiger charge is 2.26. The largest absolute Gasteiger partial charge is 0.478 e. The van der Waals surface area contributed by atoms with E-state index < -0.39 is 16.0 Å². The van der Waals surface area contributed by atoms with Crippen molar-refractivity contribution in [2.24, 2.45) is 0 Å². The number of hydrogen-bond acceptors (Lipinski definition) is 9. The quantitative estimate of drug-likeness (QED) is 0.285. The van der Waals surface area contributed by atoms with Gasteiger partial charge in [-0.25, -0.2) is 18.2 Å². The second kappa shape index (κ2) is 11.1. The Hall–Kier alpha value is -3.87. The zero-order valence-electron chi connectivity index (χ0n) is 21.2. The van der Waals surface area contributed by atoms with Crippen molar-refractivity contribution < 1.29 is 27.6 Å². The van der Waals surface area contributed by atoms with Crippen LogP contribution in [-0.4, -0.2) is 55.8 Å². The molecule has 2 aromatic carbocycles. The first-order valence-electron chi connectivity index (χ1n) is 11.3. The molecule has 204 valence electrons. The van der Waals surface area contributed by atoms with Crippen molar-refractivity contribution in [3.63, 3.8) is 0 Å². The number of anilines is 2. The zero-order valence-corrected chi connectivity index (χ0v) is 23.5. The molecule has 0 amide bonds. The fourth-order valence-electron chi connectivity index (χ4n) is 3.71. The predicted octanol–water partition coefficient (Wildman–Crippen LogP) is 4.92. The van der Waals surface area contributed by atoms with Crippen molar-refractivity contribution in [1.82, 2.24) is 15.1 Å². The Morgan fingerprint density at radius 1 is 1.08 bits per heavy atom. The molecule has 0 aliphatic carbocycles. The van der Waals surface area contributed by atoms with Crippen LogP contribution in [0.4, 0.5) is 11.5 Å². The molecule has 39 heavy (non-hydrogen) atoms. The summed E-state index contributed by atoms with van der Waals surface area (Å²) in [5.74, 6) is -0.324. The van der Waals surface area contributed by atoms with Gasteiger partial charge in [0.05, 0.1) is 49.2 Å². The molecular formula is C25H23Cl2N5O6S. The number of rotatable bonds is 9. The van der Waals surface area contributed by atoms with Crippen LogP contribution in [0.3, 0.4) is 0 Å². The first-order valence-corrected chi connectivity index (χ1v) is 13.5. The highest BCUT2D eigenvalue weighted by atomic mass is 35.5. The molecule has 4 aromatic rings. The van der Waals surface area contributed by atoms with Gasteiger partial charge in [-0.2, -0.15) is 4.98 Å². The van der Waals surface area contributed by atoms with Crippen LogP contribution >= 0.6 is 23.2 Å². The lowest BCUT2D eigenvalue weighted by Crippen LogP contribution is -2.27. The summed E-state index contributed by atoms with van der Waals surface area (Å²) in [4.78, 5) is 21.2. The summed E-state index contributed by atoms with van der Waals surface area (Å²) >= 11 is 12.8. The van der Waals surface area contributed by atoms with E-state index in [1.165, 1.54) is 37.5 Å². The van der Waals surface area contributed by atoms with Crippen molar-refractivity contribution >= 4 is 50.7 Å². The fraction of sp³-hybridized carbons (Fsp3) is 0.200. The standard InChI is InChI=1S/C25H23Cl2N5O6S/c1-14-20(32(4)39(35,36)16-10-8-15(9-11-16)24(33)34)12-28-25(29-14)37-13-17-22(38-30-23(17)31(2)3)21-18(26)6-5-7-19(21)27/h5-12H,13H2,1-4H3,(H,33,34). The molecule has 1 N–H and O–H groups in total. The number of sulfonamides is 1. The molecule has 0 aliphatic rings. The Morgan fingerprint density at radius 2 is 1.72 bits per heavy atom. The van der Waals surface area contributed by atoms with Gasteiger partial charge in [-0.05, 0) is 43.3 Å². The highest BCUT2D eigenvalue weighted by molar-refractivity contribution is 7.92. The van der Waals surface area contributed by atoms with Crippen molar-refractivity contribution in [2.45, 2.75) is 18.4 Å². The van der Waals surface area contributed by atoms with Crippen LogP contribution in [0.2, 0.25) is 10.0 Å². The maximum absolute atomic E-state index is 13.1. The summed E-state index contributed by atoms with van der Waals surface area (Å²) in [5, 5.41) is 13.9. The number of aromatic nitrogens is 3. The lowest BCUT2D eigenvalue weighted by molar-refractivity contribution is 0.0696. The number of carboxylic acids is 1. The van der Waals surface area contributed by atoms with Crippen molar-refractivity contribution in [3.05, 3.63) is 75.5 Å². The lowest BCUT2D eigenvalue weighted by atomic mass is 10.1. The van der Waals surface area contributed by atoms with E-state index in [2.05, 4.69) is 15.1 Å². The van der Waals surface area contributed by atoms with E-state index in [4.69, 9.17) is 37.6 Å². The molecule has 2 heterocycles. The van der Waals surface area contributed by atoms with Gasteiger partial charge in [0.15, 0.2) is 11.6 Å². The predicted molar refractivity (Wildman–Crippen MR) is 146 cm³/mol. The number of benzene rings is 2. The van der Waals surface area contributed by atoms with Crippen molar-refractivity contribution in [2.75, 3.05) is 30.3 Å². The van der Waals surface area contributed by atoms with Crippen LogP contribution in [0.25, 0.3) is 11.3 Å². The Labute approximate surface area is 234 Å². The van der Waals surface area contributed by atoms with Crippen LogP contribution in [0.1, 0.15) is 21.6 Å². The SMILES string of the molecule is Cc1nc(OCc2c(N(C)C)noc2-c2c(Cl)cccc2Cl)ncc1N(C)S(=O)(=O)c1ccc(C(=O)O)cc1. The molecule has 4 rings (SSSR count). The second-order valence-corrected chi connectivity index (χ2v) is 11.3. The number of aryl methyl sites for hydroxylation is 1. The summed E-state index contributed by atoms with van der Waals surface area (Å²) < 4.78 is 38.7. The lowest BCUT2D eigenvalue weighted by Gasteiger charge is -2.21. The maximum atomic E-state index is 13.1. The number of hydrogen-bond donors (Lipinski definition) is 1. The topological polar surface area (TPSA) is 139 Å². The molecule has 11 nitrogen and oxygen atoms in total. The Balaban J connectivity index is 1.59. The number of aromatic carboxylic acids is 1. The van der Waals surface area contributed by atoms with E-state index in [0.717, 1.165) is 4.31 Å². The molecule has 0 unspecified atom stereocenters. The van der Waals surface area contributed by atoms with Gasteiger partial charge >= 0.3 is 12.0 Å². The van der Waals surface area contributed by atoms with Crippen molar-refractivity contribution in [1.29, 1.82) is 0 Å². The summed E-state index contributed by atoms with van der Waals surface area (Å²) in [7, 11) is 0.929. The molecule has 0 bridgehead atoms. The maximum Gasteiger partial charge on any atom is 0.335 e. The molecule has 0 saturated heterocycles. The average molecular weight is 592 g/mol. The van der Waals surface area contributed by atoms with E-state index in [-0.39, 0.29) is 28.8 Å². The molecule has 0 radical (unpaired) electrons. The Morgan fingerprint density at radius 3 is 2.28 bits per heavy atom. The molecule has 0 atom stereocenters. The van der Waals surface area contributed by atoms with E-state index in [1.54, 1.807) is 44.1 Å². The van der Waals surface area contributed by atoms with Crippen molar-refractivity contribution in [3.8, 4) is 17.3 Å². The highest BCUT2D eigenvalue weighted by Crippen LogP contribution is 2.39. The summed E-state index contributed by atoms with van der Waals surface area (Å²) in [5.41, 5.74) is 1.55. The minimum Gasteiger partial charge on any atom is -0.478 e. The van der Waals surface area contributed by atoms with Crippen LogP contribution in [0.5, 0.6) is 6.01 Å².